The lowest BCUT2D eigenvalue weighted by Gasteiger charge is -2.12. The number of hydrogen-bond donors (Lipinski definition) is 3. The van der Waals surface area contributed by atoms with Gasteiger partial charge in [0, 0.05) is 6.42 Å². The molecule has 0 aliphatic rings. The third kappa shape index (κ3) is 9.55. The van der Waals surface area contributed by atoms with Gasteiger partial charge in [0.1, 0.15) is 5.75 Å². The molecule has 1 aromatic carbocycles. The molecule has 1 aromatic rings. The Balaban J connectivity index is 2.23. The van der Waals surface area contributed by atoms with Gasteiger partial charge in [-0.25, -0.2) is 0 Å². The van der Waals surface area contributed by atoms with E-state index < -0.39 is 17.8 Å². The summed E-state index contributed by atoms with van der Waals surface area (Å²) in [6.07, 6.45) is 0.623. The molecule has 0 spiro atoms. The summed E-state index contributed by atoms with van der Waals surface area (Å²) < 4.78 is 10.3. The second kappa shape index (κ2) is 11.8. The highest BCUT2D eigenvalue weighted by Crippen LogP contribution is 2.18. The number of rotatable bonds is 8. The van der Waals surface area contributed by atoms with Gasteiger partial charge in [-0.05, 0) is 44.1 Å². The molecule has 0 aliphatic heterocycles. The standard InChI is InChI=1S/C18H25N3O5S/c1-4-9-25-17(24)8-7-15(22)19-18(27)21-20-16(23)11-26-14-6-5-12(2)10-13(14)3/h5-6,10H,4,7-9,11H2,1-3H3,(H,20,23)(H2,19,21,22,27). The second-order valence-electron chi connectivity index (χ2n) is 5.83. The summed E-state index contributed by atoms with van der Waals surface area (Å²) in [6, 6.07) is 5.64. The fourth-order valence-electron chi connectivity index (χ4n) is 1.99. The summed E-state index contributed by atoms with van der Waals surface area (Å²) in [5.74, 6) is -0.749. The second-order valence-corrected chi connectivity index (χ2v) is 6.24. The molecule has 0 aliphatic carbocycles. The Labute approximate surface area is 164 Å². The van der Waals surface area contributed by atoms with Gasteiger partial charge in [-0.2, -0.15) is 0 Å². The van der Waals surface area contributed by atoms with Crippen LogP contribution >= 0.6 is 12.2 Å². The largest absolute Gasteiger partial charge is 0.483 e. The molecule has 0 bridgehead atoms. The maximum atomic E-state index is 11.8. The van der Waals surface area contributed by atoms with Gasteiger partial charge < -0.3 is 14.8 Å². The molecule has 148 valence electrons. The Morgan fingerprint density at radius 2 is 1.81 bits per heavy atom. The minimum Gasteiger partial charge on any atom is -0.483 e. The van der Waals surface area contributed by atoms with Crippen molar-refractivity contribution in [3.05, 3.63) is 29.3 Å². The van der Waals surface area contributed by atoms with Gasteiger partial charge >= 0.3 is 5.97 Å². The van der Waals surface area contributed by atoms with E-state index in [4.69, 9.17) is 21.7 Å². The zero-order chi connectivity index (χ0) is 20.2. The van der Waals surface area contributed by atoms with E-state index in [1.807, 2.05) is 32.9 Å². The van der Waals surface area contributed by atoms with Crippen molar-refractivity contribution in [1.82, 2.24) is 16.2 Å². The molecule has 0 heterocycles. The molecule has 0 aromatic heterocycles. The number of hydrogen-bond acceptors (Lipinski definition) is 6. The lowest BCUT2D eigenvalue weighted by Crippen LogP contribution is -2.49. The summed E-state index contributed by atoms with van der Waals surface area (Å²) in [6.45, 7) is 5.86. The highest BCUT2D eigenvalue weighted by atomic mass is 32.1. The van der Waals surface area contributed by atoms with E-state index in [0.717, 1.165) is 17.5 Å². The molecule has 8 nitrogen and oxygen atoms in total. The third-order valence-corrected chi connectivity index (χ3v) is 3.49. The van der Waals surface area contributed by atoms with Crippen LogP contribution in [0.3, 0.4) is 0 Å². The average molecular weight is 395 g/mol. The SMILES string of the molecule is CCCOC(=O)CCC(=O)NC(=S)NNC(=O)COc1ccc(C)cc1C. The van der Waals surface area contributed by atoms with Crippen molar-refractivity contribution in [2.24, 2.45) is 0 Å². The van der Waals surface area contributed by atoms with Crippen LogP contribution in [0.1, 0.15) is 37.3 Å². The van der Waals surface area contributed by atoms with E-state index in [1.165, 1.54) is 0 Å². The lowest BCUT2D eigenvalue weighted by molar-refractivity contribution is -0.144. The van der Waals surface area contributed by atoms with Gasteiger partial charge in [0.15, 0.2) is 11.7 Å². The van der Waals surface area contributed by atoms with Crippen LogP contribution in [0.25, 0.3) is 0 Å². The minimum atomic E-state index is -0.463. The average Bonchev–Trinajstić information content (AvgIpc) is 2.62. The van der Waals surface area contributed by atoms with Crippen molar-refractivity contribution in [2.45, 2.75) is 40.0 Å². The number of carbonyl (C=O) groups excluding carboxylic acids is 3. The molecular formula is C18H25N3O5S. The number of nitrogens with one attached hydrogen (secondary N) is 3. The van der Waals surface area contributed by atoms with Crippen molar-refractivity contribution in [2.75, 3.05) is 13.2 Å². The van der Waals surface area contributed by atoms with E-state index in [9.17, 15) is 14.4 Å². The number of hydrazine groups is 1. The normalized spacial score (nSPS) is 9.89. The Morgan fingerprint density at radius 1 is 1.07 bits per heavy atom. The molecule has 3 N–H and O–H groups in total. The zero-order valence-corrected chi connectivity index (χ0v) is 16.5. The van der Waals surface area contributed by atoms with Gasteiger partial charge in [-0.1, -0.05) is 24.6 Å². The first-order chi connectivity index (χ1) is 12.8. The predicted molar refractivity (Wildman–Crippen MR) is 104 cm³/mol. The van der Waals surface area contributed by atoms with E-state index in [2.05, 4.69) is 16.2 Å². The Morgan fingerprint density at radius 3 is 2.48 bits per heavy atom. The fraction of sp³-hybridized carbons (Fsp3) is 0.444. The summed E-state index contributed by atoms with van der Waals surface area (Å²) in [7, 11) is 0. The Hall–Kier alpha value is -2.68. The first-order valence-corrected chi connectivity index (χ1v) is 8.97. The van der Waals surface area contributed by atoms with Crippen LogP contribution in [0.4, 0.5) is 0 Å². The molecule has 0 radical (unpaired) electrons. The van der Waals surface area contributed by atoms with E-state index in [0.29, 0.717) is 12.4 Å². The molecule has 0 saturated carbocycles. The van der Waals surface area contributed by atoms with Crippen LogP contribution in [0, 0.1) is 13.8 Å². The van der Waals surface area contributed by atoms with Crippen molar-refractivity contribution >= 4 is 35.1 Å². The fourth-order valence-corrected chi connectivity index (χ4v) is 2.16. The van der Waals surface area contributed by atoms with Gasteiger partial charge in [0.2, 0.25) is 5.91 Å². The highest BCUT2D eigenvalue weighted by Gasteiger charge is 2.10. The lowest BCUT2D eigenvalue weighted by atomic mass is 10.1. The highest BCUT2D eigenvalue weighted by molar-refractivity contribution is 7.80. The van der Waals surface area contributed by atoms with Crippen LogP contribution in [-0.2, 0) is 19.1 Å². The van der Waals surface area contributed by atoms with E-state index in [-0.39, 0.29) is 24.6 Å². The quantitative estimate of drug-likeness (QED) is 0.347. The number of carbonyl (C=O) groups is 3. The van der Waals surface area contributed by atoms with Crippen LogP contribution in [-0.4, -0.2) is 36.1 Å². The van der Waals surface area contributed by atoms with Gasteiger partial charge in [-0.15, -0.1) is 0 Å². The number of thiocarbonyl (C=S) groups is 1. The maximum Gasteiger partial charge on any atom is 0.306 e. The minimum absolute atomic E-state index is 0.0372. The molecule has 9 heteroatoms. The van der Waals surface area contributed by atoms with Crippen LogP contribution in [0.5, 0.6) is 5.75 Å². The Kier molecular flexibility index (Phi) is 9.81. The molecule has 0 unspecified atom stereocenters. The van der Waals surface area contributed by atoms with E-state index in [1.54, 1.807) is 6.07 Å². The molecule has 2 amide bonds. The topological polar surface area (TPSA) is 106 Å². The summed E-state index contributed by atoms with van der Waals surface area (Å²) >= 11 is 4.90. The molecule has 27 heavy (non-hydrogen) atoms. The van der Waals surface area contributed by atoms with Gasteiger partial charge in [-0.3, -0.25) is 25.2 Å². The maximum absolute atomic E-state index is 11.8. The zero-order valence-electron chi connectivity index (χ0n) is 15.7. The van der Waals surface area contributed by atoms with Crippen LogP contribution in [0.2, 0.25) is 0 Å². The van der Waals surface area contributed by atoms with E-state index >= 15 is 0 Å². The monoisotopic (exact) mass is 395 g/mol. The molecule has 1 rings (SSSR count). The first kappa shape index (κ1) is 22.4. The number of benzene rings is 1. The van der Waals surface area contributed by atoms with Gasteiger partial charge in [0.05, 0.1) is 13.0 Å². The van der Waals surface area contributed by atoms with Crippen molar-refractivity contribution in [1.29, 1.82) is 0 Å². The van der Waals surface area contributed by atoms with Crippen LogP contribution < -0.4 is 20.9 Å². The number of aryl methyl sites for hydroxylation is 2. The van der Waals surface area contributed by atoms with Crippen molar-refractivity contribution in [3.8, 4) is 5.75 Å². The first-order valence-electron chi connectivity index (χ1n) is 8.56. The molecule has 0 atom stereocenters. The molecule has 0 saturated heterocycles. The predicted octanol–water partition coefficient (Wildman–Crippen LogP) is 1.44. The van der Waals surface area contributed by atoms with Gasteiger partial charge in [0.25, 0.3) is 5.91 Å². The summed E-state index contributed by atoms with van der Waals surface area (Å²) in [5, 5.41) is 2.27. The smallest absolute Gasteiger partial charge is 0.306 e. The van der Waals surface area contributed by atoms with Crippen molar-refractivity contribution in [3.63, 3.8) is 0 Å². The summed E-state index contributed by atoms with van der Waals surface area (Å²) in [4.78, 5) is 34.8. The number of amides is 2. The number of esters is 1. The molecule has 0 fully saturated rings. The molecular weight excluding hydrogens is 370 g/mol. The Bertz CT molecular complexity index is 694. The summed E-state index contributed by atoms with van der Waals surface area (Å²) in [5.41, 5.74) is 6.75. The third-order valence-electron chi connectivity index (χ3n) is 3.28. The number of ether oxygens (including phenoxy) is 2. The van der Waals surface area contributed by atoms with Crippen LogP contribution in [0.15, 0.2) is 18.2 Å². The van der Waals surface area contributed by atoms with Crippen molar-refractivity contribution < 1.29 is 23.9 Å².